The molecule has 29 heavy (non-hydrogen) atoms. The lowest BCUT2D eigenvalue weighted by Crippen LogP contribution is -2.61. The summed E-state index contributed by atoms with van der Waals surface area (Å²) in [6.07, 6.45) is -5.35. The van der Waals surface area contributed by atoms with Gasteiger partial charge in [-0.3, -0.25) is 23.9 Å². The molecule has 154 valence electrons. The maximum atomic E-state index is 13.9. The van der Waals surface area contributed by atoms with Crippen LogP contribution in [0.15, 0.2) is 33.9 Å². The molecule has 0 saturated heterocycles. The average Bonchev–Trinajstić information content (AvgIpc) is 2.92. The van der Waals surface area contributed by atoms with Gasteiger partial charge >= 0.3 is 11.9 Å². The van der Waals surface area contributed by atoms with Crippen LogP contribution in [0.3, 0.4) is 0 Å². The van der Waals surface area contributed by atoms with Crippen LogP contribution in [0.4, 0.5) is 19.0 Å². The van der Waals surface area contributed by atoms with Crippen molar-refractivity contribution in [3.63, 3.8) is 0 Å². The summed E-state index contributed by atoms with van der Waals surface area (Å²) in [5.41, 5.74) is -6.81. The normalized spacial score (nSPS) is 18.2. The van der Waals surface area contributed by atoms with E-state index in [9.17, 15) is 32.3 Å². The van der Waals surface area contributed by atoms with E-state index in [0.29, 0.717) is 11.3 Å². The Morgan fingerprint density at radius 2 is 1.90 bits per heavy atom. The largest absolute Gasteiger partial charge is 0.496 e. The van der Waals surface area contributed by atoms with Gasteiger partial charge in [0.05, 0.1) is 13.7 Å². The lowest BCUT2D eigenvalue weighted by Gasteiger charge is -2.29. The minimum Gasteiger partial charge on any atom is -0.496 e. The van der Waals surface area contributed by atoms with Crippen LogP contribution >= 0.6 is 0 Å². The van der Waals surface area contributed by atoms with Gasteiger partial charge in [-0.2, -0.15) is 13.2 Å². The lowest BCUT2D eigenvalue weighted by molar-refractivity contribution is -0.200. The van der Waals surface area contributed by atoms with Crippen molar-refractivity contribution in [1.29, 1.82) is 0 Å². The second-order valence-corrected chi connectivity index (χ2v) is 6.26. The highest BCUT2D eigenvalue weighted by Crippen LogP contribution is 2.45. The number of carbonyl (C=O) groups excluding carboxylic acids is 2. The Labute approximate surface area is 160 Å². The van der Waals surface area contributed by atoms with Crippen molar-refractivity contribution in [3.8, 4) is 5.75 Å². The van der Waals surface area contributed by atoms with E-state index in [-0.39, 0.29) is 6.54 Å². The van der Waals surface area contributed by atoms with Gasteiger partial charge in [-0.25, -0.2) is 4.79 Å². The molecule has 1 aromatic carbocycles. The summed E-state index contributed by atoms with van der Waals surface area (Å²) in [5.74, 6) is -3.19. The fraction of sp³-hybridized carbons (Fsp3) is 0.294. The third-order valence-corrected chi connectivity index (χ3v) is 4.46. The standard InChI is InChI=1S/C17H15F3N4O5/c1-8(25)23-16(17(18,19)20)11-12(21-14(16)27)24(15(28)22-13(11)26)7-9-5-3-4-6-10(9)29-2/h3-6H,7H2,1-2H3,(H,21,27)(H,23,25)(H,22,26,28)/t16-/m0/s1. The molecule has 1 aromatic heterocycles. The van der Waals surface area contributed by atoms with Crippen LogP contribution < -0.4 is 26.6 Å². The van der Waals surface area contributed by atoms with Gasteiger partial charge in [-0.1, -0.05) is 18.2 Å². The Kier molecular flexibility index (Phi) is 4.73. The van der Waals surface area contributed by atoms with Gasteiger partial charge in [-0.05, 0) is 6.07 Å². The summed E-state index contributed by atoms with van der Waals surface area (Å²) < 4.78 is 47.7. The molecule has 1 aliphatic heterocycles. The highest BCUT2D eigenvalue weighted by Gasteiger charge is 2.68. The molecule has 3 rings (SSSR count). The second-order valence-electron chi connectivity index (χ2n) is 6.26. The van der Waals surface area contributed by atoms with Gasteiger partial charge in [-0.15, -0.1) is 0 Å². The van der Waals surface area contributed by atoms with E-state index >= 15 is 0 Å². The number of aromatic amines is 1. The van der Waals surface area contributed by atoms with Crippen LogP contribution in [0.25, 0.3) is 0 Å². The van der Waals surface area contributed by atoms with Crippen LogP contribution in [-0.2, 0) is 21.7 Å². The van der Waals surface area contributed by atoms with E-state index in [1.807, 2.05) is 5.32 Å². The summed E-state index contributed by atoms with van der Waals surface area (Å²) >= 11 is 0. The van der Waals surface area contributed by atoms with E-state index in [0.717, 1.165) is 11.5 Å². The minimum atomic E-state index is -5.35. The van der Waals surface area contributed by atoms with Gasteiger partial charge in [0.2, 0.25) is 11.4 Å². The second kappa shape index (κ2) is 6.79. The molecule has 9 nitrogen and oxygen atoms in total. The van der Waals surface area contributed by atoms with Crippen LogP contribution in [0, 0.1) is 0 Å². The maximum absolute atomic E-state index is 13.9. The first kappa shape index (κ1) is 20.2. The summed E-state index contributed by atoms with van der Waals surface area (Å²) in [6, 6.07) is 6.40. The number of ether oxygens (including phenoxy) is 1. The Hall–Kier alpha value is -3.57. The number of fused-ring (bicyclic) bond motifs is 1. The molecule has 0 saturated carbocycles. The van der Waals surface area contributed by atoms with Crippen LogP contribution in [-0.4, -0.2) is 34.7 Å². The molecule has 2 aromatic rings. The first-order valence-corrected chi connectivity index (χ1v) is 8.19. The predicted octanol–water partition coefficient (Wildman–Crippen LogP) is 0.439. The summed E-state index contributed by atoms with van der Waals surface area (Å²) in [7, 11) is 1.37. The molecule has 0 aliphatic carbocycles. The first-order valence-electron chi connectivity index (χ1n) is 8.19. The summed E-state index contributed by atoms with van der Waals surface area (Å²) in [4.78, 5) is 50.3. The van der Waals surface area contributed by atoms with Crippen molar-refractivity contribution in [2.75, 3.05) is 12.4 Å². The zero-order valence-corrected chi connectivity index (χ0v) is 15.1. The number of aromatic nitrogens is 2. The van der Waals surface area contributed by atoms with Gasteiger partial charge in [0.1, 0.15) is 17.1 Å². The summed E-state index contributed by atoms with van der Waals surface area (Å²) in [5, 5.41) is 3.48. The van der Waals surface area contributed by atoms with Crippen molar-refractivity contribution in [2.45, 2.75) is 25.2 Å². The number of benzene rings is 1. The SMILES string of the molecule is COc1ccccc1Cn1c2c(c(=O)[nH]c1=O)[C@@](NC(C)=O)(C(F)(F)F)C(=O)N2. The molecule has 3 N–H and O–H groups in total. The van der Waals surface area contributed by atoms with Crippen molar-refractivity contribution >= 4 is 17.6 Å². The van der Waals surface area contributed by atoms with Crippen LogP contribution in [0.2, 0.25) is 0 Å². The number of methoxy groups -OCH3 is 1. The molecule has 0 unspecified atom stereocenters. The number of carbonyl (C=O) groups is 2. The number of anilines is 1. The number of nitrogens with zero attached hydrogens (tertiary/aromatic N) is 1. The highest BCUT2D eigenvalue weighted by atomic mass is 19.4. The van der Waals surface area contributed by atoms with Gasteiger partial charge in [0, 0.05) is 12.5 Å². The Bertz CT molecular complexity index is 1120. The topological polar surface area (TPSA) is 122 Å². The van der Waals surface area contributed by atoms with E-state index in [2.05, 4.69) is 0 Å². The molecule has 0 fully saturated rings. The Morgan fingerprint density at radius 1 is 1.24 bits per heavy atom. The lowest BCUT2D eigenvalue weighted by atomic mass is 9.92. The first-order chi connectivity index (χ1) is 13.5. The highest BCUT2D eigenvalue weighted by molar-refractivity contribution is 6.07. The fourth-order valence-corrected chi connectivity index (χ4v) is 3.24. The number of amides is 2. The molecule has 0 radical (unpaired) electrons. The van der Waals surface area contributed by atoms with Gasteiger partial charge in [0.25, 0.3) is 11.5 Å². The zero-order chi connectivity index (χ0) is 21.6. The third-order valence-electron chi connectivity index (χ3n) is 4.46. The van der Waals surface area contributed by atoms with E-state index < -0.39 is 46.2 Å². The molecule has 2 amide bonds. The monoisotopic (exact) mass is 412 g/mol. The van der Waals surface area contributed by atoms with Crippen LogP contribution in [0.1, 0.15) is 18.1 Å². The number of rotatable bonds is 4. The van der Waals surface area contributed by atoms with Crippen molar-refractivity contribution < 1.29 is 27.5 Å². The van der Waals surface area contributed by atoms with Gasteiger partial charge in [0.15, 0.2) is 0 Å². The number of halogens is 3. The molecule has 0 spiro atoms. The van der Waals surface area contributed by atoms with Crippen molar-refractivity contribution in [1.82, 2.24) is 14.9 Å². The van der Waals surface area contributed by atoms with Gasteiger partial charge < -0.3 is 15.4 Å². The molecule has 1 atom stereocenters. The maximum Gasteiger partial charge on any atom is 0.425 e. The molecule has 12 heteroatoms. The zero-order valence-electron chi connectivity index (χ0n) is 15.1. The van der Waals surface area contributed by atoms with Crippen LogP contribution in [0.5, 0.6) is 5.75 Å². The Balaban J connectivity index is 2.29. The predicted molar refractivity (Wildman–Crippen MR) is 93.6 cm³/mol. The smallest absolute Gasteiger partial charge is 0.425 e. The number of alkyl halides is 3. The molecule has 1 aliphatic rings. The molecule has 2 heterocycles. The average molecular weight is 412 g/mol. The third kappa shape index (κ3) is 3.05. The fourth-order valence-electron chi connectivity index (χ4n) is 3.24. The molecule has 0 bridgehead atoms. The van der Waals surface area contributed by atoms with E-state index in [1.54, 1.807) is 29.2 Å². The number of nitrogens with one attached hydrogen (secondary N) is 3. The number of hydrogen-bond donors (Lipinski definition) is 3. The number of H-pyrrole nitrogens is 1. The van der Waals surface area contributed by atoms with Crippen molar-refractivity contribution in [2.24, 2.45) is 0 Å². The minimum absolute atomic E-state index is 0.309. The molecular weight excluding hydrogens is 397 g/mol. The van der Waals surface area contributed by atoms with E-state index in [1.165, 1.54) is 12.4 Å². The molecular formula is C17H15F3N4O5. The Morgan fingerprint density at radius 3 is 2.48 bits per heavy atom. The number of hydrogen-bond acceptors (Lipinski definition) is 5. The van der Waals surface area contributed by atoms with E-state index in [4.69, 9.17) is 4.74 Å². The number of para-hydroxylation sites is 1. The summed E-state index contributed by atoms with van der Waals surface area (Å²) in [6.45, 7) is 0.466. The quantitative estimate of drug-likeness (QED) is 0.673. The van der Waals surface area contributed by atoms with Crippen molar-refractivity contribution in [3.05, 3.63) is 56.2 Å².